The van der Waals surface area contributed by atoms with Gasteiger partial charge in [-0.15, -0.1) is 0 Å². The van der Waals surface area contributed by atoms with Crippen molar-refractivity contribution in [3.8, 4) is 5.75 Å². The first-order chi connectivity index (χ1) is 10.0. The molecule has 1 aliphatic heterocycles. The van der Waals surface area contributed by atoms with E-state index in [1.807, 2.05) is 32.0 Å². The summed E-state index contributed by atoms with van der Waals surface area (Å²) in [6.45, 7) is 9.10. The number of rotatable bonds is 5. The lowest BCUT2D eigenvalue weighted by Gasteiger charge is -2.41. The fourth-order valence-corrected chi connectivity index (χ4v) is 2.89. The minimum Gasteiger partial charge on any atom is -0.497 e. The predicted molar refractivity (Wildman–Crippen MR) is 83.1 cm³/mol. The highest BCUT2D eigenvalue weighted by atomic mass is 16.5. The first-order valence-electron chi connectivity index (χ1n) is 7.55. The fourth-order valence-electron chi connectivity index (χ4n) is 2.89. The molecule has 4 heteroatoms. The van der Waals surface area contributed by atoms with E-state index in [4.69, 9.17) is 9.47 Å². The Balaban J connectivity index is 2.30. The lowest BCUT2D eigenvalue weighted by atomic mass is 9.85. The first-order valence-corrected chi connectivity index (χ1v) is 7.55. The van der Waals surface area contributed by atoms with Gasteiger partial charge in [0.05, 0.1) is 25.9 Å². The Morgan fingerprint density at radius 2 is 2.05 bits per heavy atom. The van der Waals surface area contributed by atoms with Crippen LogP contribution in [0.4, 0.5) is 0 Å². The number of methoxy groups -OCH3 is 1. The number of aryl methyl sites for hydroxylation is 1. The molecular weight excluding hydrogens is 266 g/mol. The second-order valence-corrected chi connectivity index (χ2v) is 5.74. The van der Waals surface area contributed by atoms with Crippen LogP contribution in [0.3, 0.4) is 0 Å². The fraction of sp³-hybridized carbons (Fsp3) is 0.588. The molecule has 0 radical (unpaired) electrons. The van der Waals surface area contributed by atoms with Crippen molar-refractivity contribution in [2.24, 2.45) is 0 Å². The topological polar surface area (TPSA) is 38.8 Å². The molecule has 0 aliphatic carbocycles. The van der Waals surface area contributed by atoms with Crippen LogP contribution < -0.4 is 4.74 Å². The minimum atomic E-state index is -0.469. The summed E-state index contributed by atoms with van der Waals surface area (Å²) in [5, 5.41) is 0. The molecule has 0 spiro atoms. The van der Waals surface area contributed by atoms with E-state index in [0.29, 0.717) is 13.2 Å². The van der Waals surface area contributed by atoms with Crippen molar-refractivity contribution < 1.29 is 14.3 Å². The van der Waals surface area contributed by atoms with Gasteiger partial charge in [0.25, 0.3) is 0 Å². The lowest BCUT2D eigenvalue weighted by Crippen LogP contribution is -2.56. The molecule has 1 atom stereocenters. The zero-order valence-electron chi connectivity index (χ0n) is 13.4. The molecule has 1 aliphatic rings. The molecule has 1 fully saturated rings. The third-order valence-corrected chi connectivity index (χ3v) is 4.56. The average molecular weight is 291 g/mol. The SMILES string of the molecule is CCC(C)(C(=O)c1ccc(OC)cc1C)N1CCOCC1. The van der Waals surface area contributed by atoms with E-state index in [9.17, 15) is 4.79 Å². The number of Topliss-reactive ketones (excluding diaryl/α,β-unsaturated/α-hetero) is 1. The molecular formula is C17H25NO3. The summed E-state index contributed by atoms with van der Waals surface area (Å²) < 4.78 is 10.6. The zero-order valence-corrected chi connectivity index (χ0v) is 13.4. The van der Waals surface area contributed by atoms with Gasteiger partial charge in [-0.1, -0.05) is 6.92 Å². The van der Waals surface area contributed by atoms with Crippen LogP contribution in [0.2, 0.25) is 0 Å². The second-order valence-electron chi connectivity index (χ2n) is 5.74. The maximum Gasteiger partial charge on any atom is 0.183 e. The van der Waals surface area contributed by atoms with Gasteiger partial charge in [-0.3, -0.25) is 9.69 Å². The van der Waals surface area contributed by atoms with Crippen molar-refractivity contribution in [1.82, 2.24) is 4.90 Å². The molecule has 4 nitrogen and oxygen atoms in total. The molecule has 2 rings (SSSR count). The molecule has 1 unspecified atom stereocenters. The van der Waals surface area contributed by atoms with Crippen molar-refractivity contribution in [2.75, 3.05) is 33.4 Å². The number of carbonyl (C=O) groups excluding carboxylic acids is 1. The Bertz CT molecular complexity index is 509. The van der Waals surface area contributed by atoms with E-state index < -0.39 is 5.54 Å². The number of ether oxygens (including phenoxy) is 2. The molecule has 0 amide bonds. The third-order valence-electron chi connectivity index (χ3n) is 4.56. The lowest BCUT2D eigenvalue weighted by molar-refractivity contribution is -0.0106. The quantitative estimate of drug-likeness (QED) is 0.782. The number of hydrogen-bond acceptors (Lipinski definition) is 4. The molecule has 21 heavy (non-hydrogen) atoms. The van der Waals surface area contributed by atoms with Crippen LogP contribution in [0.1, 0.15) is 36.2 Å². The van der Waals surface area contributed by atoms with Crippen LogP contribution in [-0.4, -0.2) is 49.6 Å². The number of morpholine rings is 1. The molecule has 0 saturated carbocycles. The molecule has 116 valence electrons. The van der Waals surface area contributed by atoms with Gasteiger partial charge >= 0.3 is 0 Å². The van der Waals surface area contributed by atoms with Crippen molar-refractivity contribution in [1.29, 1.82) is 0 Å². The summed E-state index contributed by atoms with van der Waals surface area (Å²) in [4.78, 5) is 15.3. The van der Waals surface area contributed by atoms with Crippen LogP contribution in [-0.2, 0) is 4.74 Å². The van der Waals surface area contributed by atoms with E-state index >= 15 is 0 Å². The van der Waals surface area contributed by atoms with Gasteiger partial charge in [0.1, 0.15) is 5.75 Å². The van der Waals surface area contributed by atoms with Crippen molar-refractivity contribution in [3.05, 3.63) is 29.3 Å². The highest BCUT2D eigenvalue weighted by Crippen LogP contribution is 2.28. The average Bonchev–Trinajstić information content (AvgIpc) is 2.54. The first kappa shape index (κ1) is 16.0. The highest BCUT2D eigenvalue weighted by molar-refractivity contribution is 6.04. The molecule has 1 aromatic carbocycles. The van der Waals surface area contributed by atoms with Gasteiger partial charge in [0.15, 0.2) is 5.78 Å². The van der Waals surface area contributed by atoms with Crippen LogP contribution >= 0.6 is 0 Å². The molecule has 0 bridgehead atoms. The Kier molecular flexibility index (Phi) is 5.01. The van der Waals surface area contributed by atoms with E-state index in [0.717, 1.165) is 36.4 Å². The smallest absolute Gasteiger partial charge is 0.183 e. The number of benzene rings is 1. The Labute approximate surface area is 127 Å². The number of hydrogen-bond donors (Lipinski definition) is 0. The maximum atomic E-state index is 13.1. The van der Waals surface area contributed by atoms with Crippen molar-refractivity contribution in [2.45, 2.75) is 32.7 Å². The van der Waals surface area contributed by atoms with Gasteiger partial charge < -0.3 is 9.47 Å². The largest absolute Gasteiger partial charge is 0.497 e. The van der Waals surface area contributed by atoms with Crippen LogP contribution in [0.25, 0.3) is 0 Å². The van der Waals surface area contributed by atoms with E-state index in [2.05, 4.69) is 11.8 Å². The van der Waals surface area contributed by atoms with E-state index in [1.165, 1.54) is 0 Å². The Morgan fingerprint density at radius 3 is 2.57 bits per heavy atom. The Morgan fingerprint density at radius 1 is 1.38 bits per heavy atom. The molecule has 1 heterocycles. The summed E-state index contributed by atoms with van der Waals surface area (Å²) in [7, 11) is 1.64. The number of carbonyl (C=O) groups is 1. The molecule has 1 saturated heterocycles. The van der Waals surface area contributed by atoms with Crippen LogP contribution in [0.15, 0.2) is 18.2 Å². The standard InChI is InChI=1S/C17H25NO3/c1-5-17(3,18-8-10-21-11-9-18)16(19)15-7-6-14(20-4)12-13(15)2/h6-7,12H,5,8-11H2,1-4H3. The van der Waals surface area contributed by atoms with Gasteiger partial charge in [-0.05, 0) is 44.0 Å². The van der Waals surface area contributed by atoms with Gasteiger partial charge in [0.2, 0.25) is 0 Å². The second kappa shape index (κ2) is 6.58. The van der Waals surface area contributed by atoms with Crippen LogP contribution in [0.5, 0.6) is 5.75 Å². The number of nitrogens with zero attached hydrogens (tertiary/aromatic N) is 1. The minimum absolute atomic E-state index is 0.187. The summed E-state index contributed by atoms with van der Waals surface area (Å²) in [6, 6.07) is 5.66. The van der Waals surface area contributed by atoms with Crippen molar-refractivity contribution >= 4 is 5.78 Å². The van der Waals surface area contributed by atoms with E-state index in [1.54, 1.807) is 7.11 Å². The monoisotopic (exact) mass is 291 g/mol. The van der Waals surface area contributed by atoms with Crippen molar-refractivity contribution in [3.63, 3.8) is 0 Å². The summed E-state index contributed by atoms with van der Waals surface area (Å²) >= 11 is 0. The van der Waals surface area contributed by atoms with Gasteiger partial charge in [-0.2, -0.15) is 0 Å². The third kappa shape index (κ3) is 3.11. The Hall–Kier alpha value is -1.39. The molecule has 0 aromatic heterocycles. The van der Waals surface area contributed by atoms with Crippen LogP contribution in [0, 0.1) is 6.92 Å². The zero-order chi connectivity index (χ0) is 15.5. The molecule has 1 aromatic rings. The maximum absolute atomic E-state index is 13.1. The predicted octanol–water partition coefficient (Wildman–Crippen LogP) is 2.69. The highest BCUT2D eigenvalue weighted by Gasteiger charge is 2.39. The normalized spacial score (nSPS) is 19.0. The summed E-state index contributed by atoms with van der Waals surface area (Å²) in [5.74, 6) is 0.973. The van der Waals surface area contributed by atoms with Gasteiger partial charge in [-0.25, -0.2) is 0 Å². The summed E-state index contributed by atoms with van der Waals surface area (Å²) in [6.07, 6.45) is 0.789. The van der Waals surface area contributed by atoms with Gasteiger partial charge in [0, 0.05) is 18.7 Å². The van der Waals surface area contributed by atoms with E-state index in [-0.39, 0.29) is 5.78 Å². The number of ketones is 1. The summed E-state index contributed by atoms with van der Waals surface area (Å²) in [5.41, 5.74) is 1.28. The molecule has 0 N–H and O–H groups in total.